The molecule has 0 spiro atoms. The fourth-order valence-corrected chi connectivity index (χ4v) is 1.12. The van der Waals surface area contributed by atoms with Crippen LogP contribution >= 0.6 is 0 Å². The summed E-state index contributed by atoms with van der Waals surface area (Å²) in [6, 6.07) is 7.67. The van der Waals surface area contributed by atoms with Crippen LogP contribution in [0.2, 0.25) is 0 Å². The van der Waals surface area contributed by atoms with Crippen LogP contribution < -0.4 is 10.5 Å². The highest BCUT2D eigenvalue weighted by molar-refractivity contribution is 5.78. The molecule has 0 aromatic heterocycles. The zero-order chi connectivity index (χ0) is 10.4. The topological polar surface area (TPSA) is 59.1 Å². The van der Waals surface area contributed by atoms with Gasteiger partial charge in [-0.25, -0.2) is 0 Å². The molecule has 0 bridgehead atoms. The Hall–Kier alpha value is -1.77. The summed E-state index contributed by atoms with van der Waals surface area (Å²) in [5.41, 5.74) is 6.26. The smallest absolute Gasteiger partial charge is 0.145 e. The van der Waals surface area contributed by atoms with Gasteiger partial charge in [-0.15, -0.1) is 6.58 Å². The van der Waals surface area contributed by atoms with E-state index in [4.69, 9.17) is 15.9 Å². The molecule has 14 heavy (non-hydrogen) atoms. The number of hydrogen-bond acceptors (Lipinski definition) is 2. The maximum absolute atomic E-state index is 7.05. The predicted octanol–water partition coefficient (Wildman–Crippen LogP) is 1.73. The van der Waals surface area contributed by atoms with Crippen LogP contribution in [0.1, 0.15) is 5.56 Å². The van der Waals surface area contributed by atoms with Crippen molar-refractivity contribution < 1.29 is 4.74 Å². The van der Waals surface area contributed by atoms with Gasteiger partial charge in [-0.1, -0.05) is 24.3 Å². The van der Waals surface area contributed by atoms with Gasteiger partial charge in [-0.2, -0.15) is 0 Å². The van der Waals surface area contributed by atoms with Crippen molar-refractivity contribution in [3.63, 3.8) is 0 Å². The van der Waals surface area contributed by atoms with Crippen LogP contribution in [0.3, 0.4) is 0 Å². The monoisotopic (exact) mass is 190 g/mol. The third-order valence-electron chi connectivity index (χ3n) is 1.72. The summed E-state index contributed by atoms with van der Waals surface area (Å²) in [4.78, 5) is 0. The van der Waals surface area contributed by atoms with Gasteiger partial charge in [0.1, 0.15) is 18.2 Å². The number of rotatable bonds is 5. The number of allylic oxidation sites excluding steroid dienone is 1. The molecule has 0 fully saturated rings. The van der Waals surface area contributed by atoms with Gasteiger partial charge in [0, 0.05) is 0 Å². The normalized spacial score (nSPS) is 9.43. The van der Waals surface area contributed by atoms with Crippen LogP contribution in [0.4, 0.5) is 0 Å². The van der Waals surface area contributed by atoms with E-state index in [0.717, 1.165) is 17.7 Å². The lowest BCUT2D eigenvalue weighted by Gasteiger charge is -2.08. The predicted molar refractivity (Wildman–Crippen MR) is 57.8 cm³/mol. The molecule has 0 heterocycles. The summed E-state index contributed by atoms with van der Waals surface area (Å²) in [7, 11) is 0. The average molecular weight is 190 g/mol. The van der Waals surface area contributed by atoms with Crippen molar-refractivity contribution in [1.82, 2.24) is 0 Å². The van der Waals surface area contributed by atoms with Crippen LogP contribution in [0, 0.1) is 5.41 Å². The largest absolute Gasteiger partial charge is 0.485 e. The fraction of sp³-hybridized carbons (Fsp3) is 0.182. The lowest BCUT2D eigenvalue weighted by molar-refractivity contribution is 0.371. The van der Waals surface area contributed by atoms with E-state index in [0.29, 0.717) is 0 Å². The van der Waals surface area contributed by atoms with Crippen LogP contribution in [-0.2, 0) is 6.42 Å². The van der Waals surface area contributed by atoms with E-state index in [1.54, 1.807) is 0 Å². The molecule has 0 amide bonds. The molecule has 0 aliphatic rings. The van der Waals surface area contributed by atoms with Gasteiger partial charge in [-0.05, 0) is 18.1 Å². The standard InChI is InChI=1S/C11H14N2O/c1-2-5-9-6-3-4-7-10(9)14-8-11(12)13/h2-4,6-7H,1,5,8H2,(H3,12,13). The van der Waals surface area contributed by atoms with E-state index in [9.17, 15) is 0 Å². The molecule has 1 rings (SSSR count). The van der Waals surface area contributed by atoms with Crippen molar-refractivity contribution in [2.45, 2.75) is 6.42 Å². The summed E-state index contributed by atoms with van der Waals surface area (Å²) >= 11 is 0. The molecule has 1 aromatic rings. The summed E-state index contributed by atoms with van der Waals surface area (Å²) in [6.45, 7) is 3.80. The van der Waals surface area contributed by atoms with E-state index in [-0.39, 0.29) is 12.4 Å². The molecule has 0 aliphatic heterocycles. The van der Waals surface area contributed by atoms with Gasteiger partial charge >= 0.3 is 0 Å². The molecule has 3 heteroatoms. The first-order valence-corrected chi connectivity index (χ1v) is 4.38. The molecule has 0 saturated heterocycles. The first kappa shape index (κ1) is 10.3. The van der Waals surface area contributed by atoms with E-state index in [1.165, 1.54) is 0 Å². The van der Waals surface area contributed by atoms with Gasteiger partial charge in [0.2, 0.25) is 0 Å². The molecule has 3 nitrogen and oxygen atoms in total. The summed E-state index contributed by atoms with van der Waals surface area (Å²) in [6.07, 6.45) is 2.57. The van der Waals surface area contributed by atoms with Gasteiger partial charge in [0.25, 0.3) is 0 Å². The lowest BCUT2D eigenvalue weighted by atomic mass is 10.1. The summed E-state index contributed by atoms with van der Waals surface area (Å²) in [5, 5.41) is 7.05. The van der Waals surface area contributed by atoms with Gasteiger partial charge in [0.05, 0.1) is 0 Å². The van der Waals surface area contributed by atoms with Gasteiger partial charge in [0.15, 0.2) is 0 Å². The molecule has 1 aromatic carbocycles. The Morgan fingerprint density at radius 1 is 1.50 bits per heavy atom. The average Bonchev–Trinajstić information content (AvgIpc) is 2.17. The minimum atomic E-state index is 0.0263. The maximum Gasteiger partial charge on any atom is 0.145 e. The molecular formula is C11H14N2O. The van der Waals surface area contributed by atoms with Crippen LogP contribution in [0.15, 0.2) is 36.9 Å². The molecule has 0 atom stereocenters. The highest BCUT2D eigenvalue weighted by atomic mass is 16.5. The Labute approximate surface area is 83.7 Å². The van der Waals surface area contributed by atoms with E-state index in [1.807, 2.05) is 30.3 Å². The summed E-state index contributed by atoms with van der Waals surface area (Å²) < 4.78 is 5.35. The first-order valence-electron chi connectivity index (χ1n) is 4.38. The zero-order valence-corrected chi connectivity index (χ0v) is 7.99. The van der Waals surface area contributed by atoms with Gasteiger partial charge in [-0.3, -0.25) is 5.41 Å². The molecule has 0 unspecified atom stereocenters. The molecule has 3 N–H and O–H groups in total. The maximum atomic E-state index is 7.05. The van der Waals surface area contributed by atoms with E-state index < -0.39 is 0 Å². The van der Waals surface area contributed by atoms with Crippen LogP contribution in [-0.4, -0.2) is 12.4 Å². The Bertz CT molecular complexity index is 334. The number of hydrogen-bond donors (Lipinski definition) is 2. The number of nitrogens with one attached hydrogen (secondary N) is 1. The van der Waals surface area contributed by atoms with E-state index in [2.05, 4.69) is 6.58 Å². The molecule has 0 saturated carbocycles. The number of nitrogens with two attached hydrogens (primary N) is 1. The van der Waals surface area contributed by atoms with Crippen LogP contribution in [0.5, 0.6) is 5.75 Å². The highest BCUT2D eigenvalue weighted by Crippen LogP contribution is 2.18. The summed E-state index contributed by atoms with van der Waals surface area (Å²) in [5.74, 6) is 0.793. The van der Waals surface area contributed by atoms with Crippen LogP contribution in [0.25, 0.3) is 0 Å². The molecule has 0 aliphatic carbocycles. The number of benzene rings is 1. The zero-order valence-electron chi connectivity index (χ0n) is 7.99. The van der Waals surface area contributed by atoms with Crippen molar-refractivity contribution >= 4 is 5.84 Å². The minimum Gasteiger partial charge on any atom is -0.485 e. The second-order valence-electron chi connectivity index (χ2n) is 2.91. The van der Waals surface area contributed by atoms with Crippen molar-refractivity contribution in [1.29, 1.82) is 5.41 Å². The Morgan fingerprint density at radius 2 is 2.21 bits per heavy atom. The minimum absolute atomic E-state index is 0.0263. The fourth-order valence-electron chi connectivity index (χ4n) is 1.12. The van der Waals surface area contributed by atoms with Gasteiger partial charge < -0.3 is 10.5 Å². The SMILES string of the molecule is C=CCc1ccccc1OCC(=N)N. The van der Waals surface area contributed by atoms with Crippen molar-refractivity contribution in [2.24, 2.45) is 5.73 Å². The highest BCUT2D eigenvalue weighted by Gasteiger charge is 2.00. The quantitative estimate of drug-likeness (QED) is 0.422. The number of para-hydroxylation sites is 1. The van der Waals surface area contributed by atoms with Crippen molar-refractivity contribution in [3.05, 3.63) is 42.5 Å². The Morgan fingerprint density at radius 3 is 2.86 bits per heavy atom. The molecular weight excluding hydrogens is 176 g/mol. The molecule has 74 valence electrons. The molecule has 0 radical (unpaired) electrons. The third-order valence-corrected chi connectivity index (χ3v) is 1.72. The van der Waals surface area contributed by atoms with Crippen molar-refractivity contribution in [3.8, 4) is 5.75 Å². The Kier molecular flexibility index (Phi) is 3.73. The second kappa shape index (κ2) is 5.07. The second-order valence-corrected chi connectivity index (χ2v) is 2.91. The number of amidine groups is 1. The third kappa shape index (κ3) is 2.94. The lowest BCUT2D eigenvalue weighted by Crippen LogP contribution is -2.19. The Balaban J connectivity index is 2.73. The number of ether oxygens (including phenoxy) is 1. The van der Waals surface area contributed by atoms with Crippen molar-refractivity contribution in [2.75, 3.05) is 6.61 Å². The van der Waals surface area contributed by atoms with E-state index >= 15 is 0 Å². The first-order chi connectivity index (χ1) is 6.74.